The Kier molecular flexibility index (Phi) is 3.49. The first-order valence-electron chi connectivity index (χ1n) is 5.14. The Hall–Kier alpha value is -2.39. The van der Waals surface area contributed by atoms with Crippen molar-refractivity contribution in [2.24, 2.45) is 0 Å². The zero-order valence-corrected chi connectivity index (χ0v) is 10.6. The van der Waals surface area contributed by atoms with E-state index in [1.807, 2.05) is 0 Å². The molecule has 96 valence electrons. The lowest BCUT2D eigenvalue weighted by atomic mass is 10.1. The molecule has 1 aromatic carbocycles. The first-order valence-corrected chi connectivity index (χ1v) is 5.51. The predicted molar refractivity (Wildman–Crippen MR) is 68.1 cm³/mol. The SMILES string of the molecule is COc1cc(-c2nc(N)nc(F)c2C#N)ccc1Cl. The van der Waals surface area contributed by atoms with Crippen LogP contribution in [0.15, 0.2) is 18.2 Å². The minimum absolute atomic E-state index is 0.0995. The number of anilines is 1. The predicted octanol–water partition coefficient (Wildman–Crippen LogP) is 2.40. The first kappa shape index (κ1) is 13.1. The minimum Gasteiger partial charge on any atom is -0.495 e. The molecule has 1 heterocycles. The van der Waals surface area contributed by atoms with Gasteiger partial charge in [-0.25, -0.2) is 4.98 Å². The molecule has 0 spiro atoms. The second kappa shape index (κ2) is 5.08. The van der Waals surface area contributed by atoms with Crippen LogP contribution in [0.5, 0.6) is 5.75 Å². The fourth-order valence-corrected chi connectivity index (χ4v) is 1.76. The molecule has 19 heavy (non-hydrogen) atoms. The lowest BCUT2D eigenvalue weighted by molar-refractivity contribution is 0.415. The van der Waals surface area contributed by atoms with Gasteiger partial charge in [-0.1, -0.05) is 17.7 Å². The van der Waals surface area contributed by atoms with Crippen LogP contribution in [0.2, 0.25) is 5.02 Å². The van der Waals surface area contributed by atoms with Gasteiger partial charge in [0.15, 0.2) is 0 Å². The number of ether oxygens (including phenoxy) is 1. The van der Waals surface area contributed by atoms with Crippen molar-refractivity contribution in [2.75, 3.05) is 12.8 Å². The summed E-state index contributed by atoms with van der Waals surface area (Å²) < 4.78 is 18.6. The minimum atomic E-state index is -0.959. The quantitative estimate of drug-likeness (QED) is 0.853. The van der Waals surface area contributed by atoms with Crippen LogP contribution >= 0.6 is 11.6 Å². The Bertz CT molecular complexity index is 684. The molecule has 0 saturated heterocycles. The second-order valence-electron chi connectivity index (χ2n) is 3.56. The average molecular weight is 279 g/mol. The molecule has 0 radical (unpaired) electrons. The molecule has 0 saturated carbocycles. The van der Waals surface area contributed by atoms with Crippen molar-refractivity contribution in [1.29, 1.82) is 5.26 Å². The average Bonchev–Trinajstić information content (AvgIpc) is 2.38. The van der Waals surface area contributed by atoms with Crippen LogP contribution in [0, 0.1) is 17.3 Å². The van der Waals surface area contributed by atoms with Crippen molar-refractivity contribution in [3.05, 3.63) is 34.7 Å². The van der Waals surface area contributed by atoms with E-state index in [1.54, 1.807) is 24.3 Å². The number of nitrogen functional groups attached to an aromatic ring is 1. The van der Waals surface area contributed by atoms with Crippen LogP contribution in [0.1, 0.15) is 5.56 Å². The van der Waals surface area contributed by atoms with Crippen LogP contribution in [-0.4, -0.2) is 17.1 Å². The van der Waals surface area contributed by atoms with E-state index in [-0.39, 0.29) is 17.2 Å². The smallest absolute Gasteiger partial charge is 0.236 e. The zero-order valence-electron chi connectivity index (χ0n) is 9.82. The summed E-state index contributed by atoms with van der Waals surface area (Å²) in [6.45, 7) is 0. The van der Waals surface area contributed by atoms with Gasteiger partial charge in [-0.05, 0) is 12.1 Å². The third-order valence-electron chi connectivity index (χ3n) is 2.42. The van der Waals surface area contributed by atoms with Gasteiger partial charge in [0.2, 0.25) is 11.9 Å². The van der Waals surface area contributed by atoms with E-state index in [2.05, 4.69) is 9.97 Å². The van der Waals surface area contributed by atoms with Crippen LogP contribution in [-0.2, 0) is 0 Å². The fraction of sp³-hybridized carbons (Fsp3) is 0.0833. The van der Waals surface area contributed by atoms with Crippen LogP contribution in [0.25, 0.3) is 11.3 Å². The topological polar surface area (TPSA) is 84.8 Å². The highest BCUT2D eigenvalue weighted by atomic mass is 35.5. The molecule has 0 amide bonds. The van der Waals surface area contributed by atoms with Gasteiger partial charge < -0.3 is 10.5 Å². The molecule has 0 unspecified atom stereocenters. The van der Waals surface area contributed by atoms with Gasteiger partial charge in [0, 0.05) is 5.56 Å². The van der Waals surface area contributed by atoms with E-state index in [1.165, 1.54) is 7.11 Å². The normalized spacial score (nSPS) is 10.0. The third kappa shape index (κ3) is 2.41. The van der Waals surface area contributed by atoms with Gasteiger partial charge in [0.1, 0.15) is 17.4 Å². The maximum absolute atomic E-state index is 13.5. The number of methoxy groups -OCH3 is 1. The van der Waals surface area contributed by atoms with E-state index in [0.29, 0.717) is 16.3 Å². The first-order chi connectivity index (χ1) is 9.06. The molecule has 0 aliphatic carbocycles. The molecule has 0 aliphatic heterocycles. The number of halogens is 2. The van der Waals surface area contributed by atoms with Gasteiger partial charge in [-0.15, -0.1) is 0 Å². The molecule has 5 nitrogen and oxygen atoms in total. The van der Waals surface area contributed by atoms with Gasteiger partial charge in [0.25, 0.3) is 0 Å². The Morgan fingerprint density at radius 1 is 1.42 bits per heavy atom. The molecule has 1 aromatic heterocycles. The highest BCUT2D eigenvalue weighted by molar-refractivity contribution is 6.32. The highest BCUT2D eigenvalue weighted by Gasteiger charge is 2.16. The van der Waals surface area contributed by atoms with Crippen molar-refractivity contribution in [3.63, 3.8) is 0 Å². The van der Waals surface area contributed by atoms with E-state index in [0.717, 1.165) is 0 Å². The van der Waals surface area contributed by atoms with E-state index in [9.17, 15) is 4.39 Å². The lowest BCUT2D eigenvalue weighted by Gasteiger charge is -2.08. The second-order valence-corrected chi connectivity index (χ2v) is 3.96. The van der Waals surface area contributed by atoms with Crippen molar-refractivity contribution in [2.45, 2.75) is 0 Å². The van der Waals surface area contributed by atoms with Crippen molar-refractivity contribution in [1.82, 2.24) is 9.97 Å². The van der Waals surface area contributed by atoms with Crippen molar-refractivity contribution >= 4 is 17.5 Å². The largest absolute Gasteiger partial charge is 0.495 e. The van der Waals surface area contributed by atoms with Crippen LogP contribution in [0.4, 0.5) is 10.3 Å². The number of aromatic nitrogens is 2. The summed E-state index contributed by atoms with van der Waals surface area (Å²) in [5, 5.41) is 9.36. The van der Waals surface area contributed by atoms with Gasteiger partial charge in [-0.2, -0.15) is 14.6 Å². The van der Waals surface area contributed by atoms with Crippen molar-refractivity contribution < 1.29 is 9.13 Å². The van der Waals surface area contributed by atoms with E-state index in [4.69, 9.17) is 27.3 Å². The number of rotatable bonds is 2. The number of nitrogens with zero attached hydrogens (tertiary/aromatic N) is 3. The number of nitrogens with two attached hydrogens (primary N) is 1. The van der Waals surface area contributed by atoms with Gasteiger partial charge >= 0.3 is 0 Å². The maximum Gasteiger partial charge on any atom is 0.236 e. The molecule has 0 aliphatic rings. The molecule has 0 atom stereocenters. The molecule has 0 fully saturated rings. The molecule has 7 heteroatoms. The Morgan fingerprint density at radius 3 is 2.79 bits per heavy atom. The van der Waals surface area contributed by atoms with Gasteiger partial charge in [-0.3, -0.25) is 0 Å². The highest BCUT2D eigenvalue weighted by Crippen LogP contribution is 2.31. The van der Waals surface area contributed by atoms with Gasteiger partial charge in [0.05, 0.1) is 17.8 Å². The van der Waals surface area contributed by atoms with E-state index < -0.39 is 5.95 Å². The Balaban J connectivity index is 2.68. The number of hydrogen-bond donors (Lipinski definition) is 1. The summed E-state index contributed by atoms with van der Waals surface area (Å²) in [5.41, 5.74) is 5.68. The maximum atomic E-state index is 13.5. The summed E-state index contributed by atoms with van der Waals surface area (Å²) in [6, 6.07) is 6.41. The molecule has 2 aromatic rings. The number of nitriles is 1. The van der Waals surface area contributed by atoms with Crippen molar-refractivity contribution in [3.8, 4) is 23.1 Å². The standard InChI is InChI=1S/C12H8ClFN4O/c1-19-9-4-6(2-3-8(9)13)10-7(5-15)11(14)18-12(16)17-10/h2-4H,1H3,(H2,16,17,18). The molecular formula is C12H8ClFN4O. The summed E-state index contributed by atoms with van der Waals surface area (Å²) in [6.07, 6.45) is 0. The molecule has 0 bridgehead atoms. The third-order valence-corrected chi connectivity index (χ3v) is 2.73. The van der Waals surface area contributed by atoms with E-state index >= 15 is 0 Å². The Morgan fingerprint density at radius 2 is 2.16 bits per heavy atom. The summed E-state index contributed by atoms with van der Waals surface area (Å²) in [5.74, 6) is -0.819. The molecular weight excluding hydrogens is 271 g/mol. The molecule has 2 N–H and O–H groups in total. The Labute approximate surface area is 113 Å². The number of hydrogen-bond acceptors (Lipinski definition) is 5. The lowest BCUT2D eigenvalue weighted by Crippen LogP contribution is -2.03. The molecule has 2 rings (SSSR count). The summed E-state index contributed by atoms with van der Waals surface area (Å²) in [4.78, 5) is 7.20. The number of benzene rings is 1. The fourth-order valence-electron chi connectivity index (χ4n) is 1.56. The summed E-state index contributed by atoms with van der Waals surface area (Å²) >= 11 is 5.90. The zero-order chi connectivity index (χ0) is 14.0. The van der Waals surface area contributed by atoms with Crippen LogP contribution < -0.4 is 10.5 Å². The monoisotopic (exact) mass is 278 g/mol. The van der Waals surface area contributed by atoms with Crippen LogP contribution in [0.3, 0.4) is 0 Å². The summed E-state index contributed by atoms with van der Waals surface area (Å²) in [7, 11) is 1.45.